The van der Waals surface area contributed by atoms with E-state index < -0.39 is 0 Å². The topological polar surface area (TPSA) is 58.3 Å². The number of fused-ring (bicyclic) bond motifs is 1. The summed E-state index contributed by atoms with van der Waals surface area (Å²) in [4.78, 5) is 14.0. The second-order valence-electron chi connectivity index (χ2n) is 5.70. The molecule has 1 aliphatic rings. The molecule has 1 aliphatic heterocycles. The van der Waals surface area contributed by atoms with E-state index >= 15 is 0 Å². The smallest absolute Gasteiger partial charge is 0.172 e. The molecule has 1 aromatic carbocycles. The van der Waals surface area contributed by atoms with Crippen LogP contribution in [-0.2, 0) is 0 Å². The number of hydrogen-bond donors (Lipinski definition) is 1. The van der Waals surface area contributed by atoms with Gasteiger partial charge in [-0.1, -0.05) is 19.1 Å². The fraction of sp³-hybridized carbons (Fsp3) is 0.500. The first-order chi connectivity index (χ1) is 10.2. The van der Waals surface area contributed by atoms with Crippen LogP contribution < -0.4 is 10.6 Å². The molecule has 3 rings (SSSR count). The molecule has 0 spiro atoms. The fourth-order valence-electron chi connectivity index (χ4n) is 2.87. The third-order valence-corrected chi connectivity index (χ3v) is 4.41. The molecule has 0 amide bonds. The van der Waals surface area contributed by atoms with Crippen LogP contribution >= 0.6 is 0 Å². The lowest BCUT2D eigenvalue weighted by Gasteiger charge is -2.38. The number of benzene rings is 1. The number of nitrogens with zero attached hydrogens (tertiary/aromatic N) is 4. The standard InChI is InChI=1S/C16H23N5/c1-3-12(2)20-8-10-21(11-9-20)16-15(17)18-13-6-4-5-7-14(13)19-16/h4-7,12H,3,8-11H2,1-2H3,(H2,17,18). The summed E-state index contributed by atoms with van der Waals surface area (Å²) in [6, 6.07) is 8.52. The lowest BCUT2D eigenvalue weighted by atomic mass is 10.2. The van der Waals surface area contributed by atoms with Gasteiger partial charge in [-0.05, 0) is 25.5 Å². The number of para-hydroxylation sites is 2. The predicted molar refractivity (Wildman–Crippen MR) is 87.5 cm³/mol. The monoisotopic (exact) mass is 285 g/mol. The van der Waals surface area contributed by atoms with Crippen LogP contribution in [0, 0.1) is 0 Å². The Morgan fingerprint density at radius 1 is 1.10 bits per heavy atom. The molecule has 2 N–H and O–H groups in total. The Morgan fingerprint density at radius 2 is 1.71 bits per heavy atom. The van der Waals surface area contributed by atoms with Crippen molar-refractivity contribution in [2.24, 2.45) is 0 Å². The minimum absolute atomic E-state index is 0.533. The summed E-state index contributed by atoms with van der Waals surface area (Å²) < 4.78 is 0. The van der Waals surface area contributed by atoms with E-state index in [2.05, 4.69) is 28.6 Å². The lowest BCUT2D eigenvalue weighted by Crippen LogP contribution is -2.49. The Hall–Kier alpha value is -1.88. The normalized spacial score (nSPS) is 18.1. The van der Waals surface area contributed by atoms with E-state index in [1.165, 1.54) is 6.42 Å². The highest BCUT2D eigenvalue weighted by atomic mass is 15.3. The van der Waals surface area contributed by atoms with Gasteiger partial charge in [-0.25, -0.2) is 9.97 Å². The van der Waals surface area contributed by atoms with Gasteiger partial charge in [-0.2, -0.15) is 0 Å². The predicted octanol–water partition coefficient (Wildman–Crippen LogP) is 2.13. The second-order valence-corrected chi connectivity index (χ2v) is 5.70. The molecule has 112 valence electrons. The number of hydrogen-bond acceptors (Lipinski definition) is 5. The summed E-state index contributed by atoms with van der Waals surface area (Å²) in [6.07, 6.45) is 1.19. The number of anilines is 2. The van der Waals surface area contributed by atoms with Crippen LogP contribution in [0.25, 0.3) is 11.0 Å². The van der Waals surface area contributed by atoms with Crippen LogP contribution in [-0.4, -0.2) is 47.1 Å². The number of piperazine rings is 1. The van der Waals surface area contributed by atoms with Crippen molar-refractivity contribution in [3.05, 3.63) is 24.3 Å². The first-order valence-electron chi connectivity index (χ1n) is 7.70. The molecule has 1 saturated heterocycles. The van der Waals surface area contributed by atoms with Crippen LogP contribution in [0.4, 0.5) is 11.6 Å². The van der Waals surface area contributed by atoms with Gasteiger partial charge in [0.05, 0.1) is 11.0 Å². The first-order valence-corrected chi connectivity index (χ1v) is 7.70. The van der Waals surface area contributed by atoms with Gasteiger partial charge < -0.3 is 10.6 Å². The minimum atomic E-state index is 0.533. The van der Waals surface area contributed by atoms with Crippen molar-refractivity contribution in [2.45, 2.75) is 26.3 Å². The van der Waals surface area contributed by atoms with Gasteiger partial charge in [0.2, 0.25) is 0 Å². The van der Waals surface area contributed by atoms with Gasteiger partial charge in [-0.15, -0.1) is 0 Å². The highest BCUT2D eigenvalue weighted by Crippen LogP contribution is 2.23. The van der Waals surface area contributed by atoms with E-state index in [1.54, 1.807) is 0 Å². The van der Waals surface area contributed by atoms with Crippen LogP contribution in [0.3, 0.4) is 0 Å². The van der Waals surface area contributed by atoms with Crippen LogP contribution in [0.2, 0.25) is 0 Å². The van der Waals surface area contributed by atoms with Crippen LogP contribution in [0.1, 0.15) is 20.3 Å². The lowest BCUT2D eigenvalue weighted by molar-refractivity contribution is 0.192. The highest BCUT2D eigenvalue weighted by Gasteiger charge is 2.22. The zero-order valence-electron chi connectivity index (χ0n) is 12.8. The molecule has 1 unspecified atom stereocenters. The van der Waals surface area contributed by atoms with Crippen molar-refractivity contribution in [3.63, 3.8) is 0 Å². The van der Waals surface area contributed by atoms with Gasteiger partial charge in [-0.3, -0.25) is 4.90 Å². The number of rotatable bonds is 3. The van der Waals surface area contributed by atoms with E-state index in [0.717, 1.165) is 43.0 Å². The molecular weight excluding hydrogens is 262 g/mol. The molecule has 0 aliphatic carbocycles. The van der Waals surface area contributed by atoms with Gasteiger partial charge in [0.1, 0.15) is 0 Å². The van der Waals surface area contributed by atoms with Gasteiger partial charge in [0.25, 0.3) is 0 Å². The van der Waals surface area contributed by atoms with E-state index in [9.17, 15) is 0 Å². The van der Waals surface area contributed by atoms with Gasteiger partial charge in [0.15, 0.2) is 11.6 Å². The molecule has 1 aromatic heterocycles. The van der Waals surface area contributed by atoms with E-state index in [0.29, 0.717) is 11.9 Å². The van der Waals surface area contributed by atoms with Crippen LogP contribution in [0.15, 0.2) is 24.3 Å². The molecule has 1 fully saturated rings. The maximum atomic E-state index is 6.11. The molecule has 5 nitrogen and oxygen atoms in total. The highest BCUT2D eigenvalue weighted by molar-refractivity contribution is 5.79. The van der Waals surface area contributed by atoms with Crippen molar-refractivity contribution in [1.82, 2.24) is 14.9 Å². The molecule has 0 saturated carbocycles. The van der Waals surface area contributed by atoms with Gasteiger partial charge >= 0.3 is 0 Å². The Kier molecular flexibility index (Phi) is 3.92. The zero-order valence-corrected chi connectivity index (χ0v) is 12.8. The molecule has 2 aromatic rings. The molecule has 0 radical (unpaired) electrons. The van der Waals surface area contributed by atoms with Crippen molar-refractivity contribution in [1.29, 1.82) is 0 Å². The fourth-order valence-corrected chi connectivity index (χ4v) is 2.87. The van der Waals surface area contributed by atoms with E-state index in [1.807, 2.05) is 24.3 Å². The molecule has 0 bridgehead atoms. The Bertz CT molecular complexity index is 619. The van der Waals surface area contributed by atoms with Crippen LogP contribution in [0.5, 0.6) is 0 Å². The summed E-state index contributed by atoms with van der Waals surface area (Å²) in [5.41, 5.74) is 7.88. The third-order valence-electron chi connectivity index (χ3n) is 4.41. The van der Waals surface area contributed by atoms with Gasteiger partial charge in [0, 0.05) is 32.2 Å². The zero-order chi connectivity index (χ0) is 14.8. The summed E-state index contributed by atoms with van der Waals surface area (Å²) >= 11 is 0. The first kappa shape index (κ1) is 14.1. The summed E-state index contributed by atoms with van der Waals surface area (Å²) in [6.45, 7) is 8.57. The summed E-state index contributed by atoms with van der Waals surface area (Å²) in [5.74, 6) is 1.36. The Labute approximate surface area is 125 Å². The maximum Gasteiger partial charge on any atom is 0.172 e. The average molecular weight is 285 g/mol. The number of aromatic nitrogens is 2. The Morgan fingerprint density at radius 3 is 2.33 bits per heavy atom. The molecule has 21 heavy (non-hydrogen) atoms. The Balaban J connectivity index is 1.80. The summed E-state index contributed by atoms with van der Waals surface area (Å²) in [7, 11) is 0. The third kappa shape index (κ3) is 2.78. The van der Waals surface area contributed by atoms with Crippen molar-refractivity contribution in [2.75, 3.05) is 36.8 Å². The largest absolute Gasteiger partial charge is 0.381 e. The molecule has 1 atom stereocenters. The summed E-state index contributed by atoms with van der Waals surface area (Å²) in [5, 5.41) is 0. The SMILES string of the molecule is CCC(C)N1CCN(c2nc3ccccc3nc2N)CC1. The average Bonchev–Trinajstić information content (AvgIpc) is 2.53. The van der Waals surface area contributed by atoms with Crippen molar-refractivity contribution >= 4 is 22.7 Å². The number of nitrogen functional groups attached to an aromatic ring is 1. The molecular formula is C16H23N5. The van der Waals surface area contributed by atoms with E-state index in [4.69, 9.17) is 10.7 Å². The maximum absolute atomic E-state index is 6.11. The minimum Gasteiger partial charge on any atom is -0.381 e. The second kappa shape index (κ2) is 5.85. The molecule has 5 heteroatoms. The van der Waals surface area contributed by atoms with E-state index in [-0.39, 0.29) is 0 Å². The van der Waals surface area contributed by atoms with Crippen molar-refractivity contribution in [3.8, 4) is 0 Å². The number of nitrogens with two attached hydrogens (primary N) is 1. The quantitative estimate of drug-likeness (QED) is 0.936. The molecule has 2 heterocycles. The van der Waals surface area contributed by atoms with Crippen molar-refractivity contribution < 1.29 is 0 Å².